The second-order valence-electron chi connectivity index (χ2n) is 13.7. The number of anilines is 1. The van der Waals surface area contributed by atoms with Crippen LogP contribution < -0.4 is 20.8 Å². The molecule has 6 nitrogen and oxygen atoms in total. The molecule has 0 radical (unpaired) electrons. The molecule has 2 aliphatic heterocycles. The second kappa shape index (κ2) is 10.8. The lowest BCUT2D eigenvalue weighted by Gasteiger charge is -2.22. The minimum absolute atomic E-state index is 0.669. The Balaban J connectivity index is 1.07. The summed E-state index contributed by atoms with van der Waals surface area (Å²) in [6.07, 6.45) is 4.06. The third-order valence-electron chi connectivity index (χ3n) is 10.9. The molecule has 9 aromatic rings. The van der Waals surface area contributed by atoms with Gasteiger partial charge in [-0.2, -0.15) is 0 Å². The molecule has 1 atom stereocenters. The summed E-state index contributed by atoms with van der Waals surface area (Å²) in [5.41, 5.74) is 8.34. The summed E-state index contributed by atoms with van der Waals surface area (Å²) in [5, 5.41) is 7.30. The second-order valence-corrected chi connectivity index (χ2v) is 16.4. The number of hydrogen-bond acceptors (Lipinski definition) is 4. The molecule has 0 saturated carbocycles. The standard InChI is InChI=1S/C45H32N5OP/c1-47-29-48(28-44(47)50-40-20-7-2-14-33(40)34-15-3-8-21-41(34)50)30-23-24-37-36-17-5-9-22-42(36)52(51,43(37)27-30)32-13-10-12-31(26-32)49-39-19-6-4-16-35(39)38-18-11-25-46-45(38)49/h2-28H,29H2,1H3. The first-order chi connectivity index (χ1) is 25.6. The van der Waals surface area contributed by atoms with Crippen molar-refractivity contribution in [1.82, 2.24) is 19.0 Å². The monoisotopic (exact) mass is 689 g/mol. The van der Waals surface area contributed by atoms with Crippen LogP contribution in [0, 0.1) is 0 Å². The molecule has 3 aromatic heterocycles. The van der Waals surface area contributed by atoms with Crippen molar-refractivity contribution < 1.29 is 4.57 Å². The SMILES string of the molecule is CN1CN(c2ccc3c(c2)P(=O)(c2cccc(-n4c5ccccc5c5cccnc54)c2)c2ccccc2-3)C=C1n1c2ccccc2c2ccccc21. The number of rotatable bonds is 4. The lowest BCUT2D eigenvalue weighted by Crippen LogP contribution is -2.25. The molecule has 0 N–H and O–H groups in total. The summed E-state index contributed by atoms with van der Waals surface area (Å²) in [4.78, 5) is 9.36. The van der Waals surface area contributed by atoms with Gasteiger partial charge in [-0.15, -0.1) is 0 Å². The number of pyridine rings is 1. The van der Waals surface area contributed by atoms with Crippen molar-refractivity contribution in [2.45, 2.75) is 0 Å². The highest BCUT2D eigenvalue weighted by Crippen LogP contribution is 2.53. The Morgan fingerprint density at radius 3 is 1.96 bits per heavy atom. The van der Waals surface area contributed by atoms with Crippen molar-refractivity contribution in [3.8, 4) is 16.8 Å². The van der Waals surface area contributed by atoms with E-state index in [0.717, 1.165) is 66.2 Å². The van der Waals surface area contributed by atoms with Gasteiger partial charge in [-0.25, -0.2) is 4.98 Å². The van der Waals surface area contributed by atoms with Crippen molar-refractivity contribution >= 4 is 78.3 Å². The Bertz CT molecular complexity index is 2920. The van der Waals surface area contributed by atoms with Crippen LogP contribution in [0.4, 0.5) is 5.69 Å². The van der Waals surface area contributed by atoms with Crippen molar-refractivity contribution in [1.29, 1.82) is 0 Å². The van der Waals surface area contributed by atoms with E-state index in [0.29, 0.717) is 6.67 Å². The topological polar surface area (TPSA) is 46.3 Å². The minimum Gasteiger partial charge on any atom is -0.341 e. The van der Waals surface area contributed by atoms with Crippen LogP contribution in [0.3, 0.4) is 0 Å². The maximum atomic E-state index is 16.0. The largest absolute Gasteiger partial charge is 0.341 e. The van der Waals surface area contributed by atoms with Gasteiger partial charge in [-0.05, 0) is 65.7 Å². The van der Waals surface area contributed by atoms with Crippen LogP contribution in [-0.2, 0) is 4.57 Å². The van der Waals surface area contributed by atoms with Gasteiger partial charge in [0, 0.05) is 68.3 Å². The lowest BCUT2D eigenvalue weighted by atomic mass is 10.1. The normalized spacial score (nSPS) is 16.7. The van der Waals surface area contributed by atoms with Crippen molar-refractivity contribution in [3.05, 3.63) is 164 Å². The Morgan fingerprint density at radius 1 is 0.558 bits per heavy atom. The van der Waals surface area contributed by atoms with E-state index in [1.807, 2.05) is 42.6 Å². The van der Waals surface area contributed by atoms with Crippen molar-refractivity contribution in [3.63, 3.8) is 0 Å². The highest BCUT2D eigenvalue weighted by Gasteiger charge is 2.41. The molecule has 0 fully saturated rings. The molecule has 52 heavy (non-hydrogen) atoms. The van der Waals surface area contributed by atoms with Gasteiger partial charge in [-0.3, -0.25) is 9.13 Å². The fourth-order valence-corrected chi connectivity index (χ4v) is 11.7. The average Bonchev–Trinajstić information content (AvgIpc) is 3.92. The summed E-state index contributed by atoms with van der Waals surface area (Å²) >= 11 is 0. The van der Waals surface area contributed by atoms with Crippen molar-refractivity contribution in [2.24, 2.45) is 0 Å². The molecule has 11 rings (SSSR count). The maximum absolute atomic E-state index is 16.0. The third-order valence-corrected chi connectivity index (χ3v) is 14.0. The minimum atomic E-state index is -3.26. The summed E-state index contributed by atoms with van der Waals surface area (Å²) in [7, 11) is -1.13. The summed E-state index contributed by atoms with van der Waals surface area (Å²) < 4.78 is 20.6. The number of para-hydroxylation sites is 3. The van der Waals surface area contributed by atoms with E-state index < -0.39 is 7.14 Å². The average molecular weight is 690 g/mol. The highest BCUT2D eigenvalue weighted by molar-refractivity contribution is 7.86. The Morgan fingerprint density at radius 2 is 1.19 bits per heavy atom. The molecule has 6 aromatic carbocycles. The first kappa shape index (κ1) is 29.4. The van der Waals surface area contributed by atoms with Crippen LogP contribution in [0.15, 0.2) is 164 Å². The predicted molar refractivity (Wildman–Crippen MR) is 216 cm³/mol. The quantitative estimate of drug-likeness (QED) is 0.173. The van der Waals surface area contributed by atoms with Gasteiger partial charge < -0.3 is 14.4 Å². The number of hydrogen-bond donors (Lipinski definition) is 0. The smallest absolute Gasteiger partial charge is 0.172 e. The maximum Gasteiger partial charge on any atom is 0.172 e. The fraction of sp³-hybridized carbons (Fsp3) is 0.0444. The van der Waals surface area contributed by atoms with Gasteiger partial charge >= 0.3 is 0 Å². The van der Waals surface area contributed by atoms with E-state index >= 15 is 4.57 Å². The molecule has 2 aliphatic rings. The van der Waals surface area contributed by atoms with Crippen LogP contribution in [-0.4, -0.2) is 32.7 Å². The highest BCUT2D eigenvalue weighted by atomic mass is 31.2. The molecule has 248 valence electrons. The van der Waals surface area contributed by atoms with Gasteiger partial charge in [0.1, 0.15) is 11.5 Å². The molecule has 0 bridgehead atoms. The Hall–Kier alpha value is -6.36. The number of fused-ring (bicyclic) bond motifs is 9. The molecule has 0 amide bonds. The van der Waals surface area contributed by atoms with E-state index in [2.05, 4.69) is 147 Å². The molecule has 0 aliphatic carbocycles. The van der Waals surface area contributed by atoms with E-state index in [4.69, 9.17) is 4.98 Å². The Labute approximate surface area is 300 Å². The van der Waals surface area contributed by atoms with Gasteiger partial charge in [0.05, 0.1) is 23.2 Å². The molecular weight excluding hydrogens is 658 g/mol. The summed E-state index contributed by atoms with van der Waals surface area (Å²) in [6.45, 7) is 0.669. The molecular formula is C45H32N5OP. The molecule has 5 heterocycles. The Kier molecular flexibility index (Phi) is 6.11. The summed E-state index contributed by atoms with van der Waals surface area (Å²) in [6, 6.07) is 52.7. The van der Waals surface area contributed by atoms with Gasteiger partial charge in [0.25, 0.3) is 0 Å². The fourth-order valence-electron chi connectivity index (χ4n) is 8.59. The molecule has 0 spiro atoms. The number of benzene rings is 6. The van der Waals surface area contributed by atoms with Crippen LogP contribution in [0.25, 0.3) is 66.4 Å². The van der Waals surface area contributed by atoms with Gasteiger partial charge in [0.2, 0.25) is 0 Å². The van der Waals surface area contributed by atoms with Crippen LogP contribution in [0.1, 0.15) is 0 Å². The van der Waals surface area contributed by atoms with Gasteiger partial charge in [-0.1, -0.05) is 97.1 Å². The zero-order valence-corrected chi connectivity index (χ0v) is 29.3. The van der Waals surface area contributed by atoms with Crippen LogP contribution in [0.2, 0.25) is 0 Å². The first-order valence-corrected chi connectivity index (χ1v) is 19.3. The zero-order chi connectivity index (χ0) is 34.6. The van der Waals surface area contributed by atoms with E-state index in [9.17, 15) is 0 Å². The van der Waals surface area contributed by atoms with Gasteiger partial charge in [0.15, 0.2) is 7.14 Å². The molecule has 7 heteroatoms. The van der Waals surface area contributed by atoms with E-state index in [-0.39, 0.29) is 0 Å². The third kappa shape index (κ3) is 3.96. The number of nitrogens with zero attached hydrogens (tertiary/aromatic N) is 5. The van der Waals surface area contributed by atoms with Crippen LogP contribution in [0.5, 0.6) is 0 Å². The molecule has 1 unspecified atom stereocenters. The predicted octanol–water partition coefficient (Wildman–Crippen LogP) is 9.07. The van der Waals surface area contributed by atoms with Crippen LogP contribution >= 0.6 is 7.14 Å². The van der Waals surface area contributed by atoms with E-state index in [1.165, 1.54) is 21.8 Å². The lowest BCUT2D eigenvalue weighted by molar-refractivity contribution is 0.498. The summed E-state index contributed by atoms with van der Waals surface area (Å²) in [5.74, 6) is 1.09. The molecule has 0 saturated heterocycles. The van der Waals surface area contributed by atoms with E-state index in [1.54, 1.807) is 0 Å². The first-order valence-electron chi connectivity index (χ1n) is 17.6. The zero-order valence-electron chi connectivity index (χ0n) is 28.4. The van der Waals surface area contributed by atoms with Crippen molar-refractivity contribution in [2.75, 3.05) is 18.6 Å². The number of aromatic nitrogens is 3.